The number of aryl methyl sites for hydroxylation is 2. The molecule has 1 atom stereocenters. The fourth-order valence-electron chi connectivity index (χ4n) is 3.87. The third kappa shape index (κ3) is 2.87. The van der Waals surface area contributed by atoms with E-state index in [1.54, 1.807) is 0 Å². The molecule has 3 aromatic rings. The normalized spacial score (nSPS) is 17.2. The van der Waals surface area contributed by atoms with Crippen LogP contribution >= 0.6 is 0 Å². The number of hydrogen-bond donors (Lipinski definition) is 0. The van der Waals surface area contributed by atoms with Crippen molar-refractivity contribution < 1.29 is 4.79 Å². The van der Waals surface area contributed by atoms with Crippen molar-refractivity contribution in [2.75, 3.05) is 13.1 Å². The molecule has 0 bridgehead atoms. The summed E-state index contributed by atoms with van der Waals surface area (Å²) < 4.78 is 2.24. The number of aromatic nitrogens is 3. The van der Waals surface area contributed by atoms with Crippen LogP contribution in [0, 0.1) is 6.92 Å². The number of imidazole rings is 1. The van der Waals surface area contributed by atoms with Gasteiger partial charge in [0, 0.05) is 37.3 Å². The number of likely N-dealkylation sites (tertiary alicyclic amines) is 1. The van der Waals surface area contributed by atoms with E-state index < -0.39 is 0 Å². The summed E-state index contributed by atoms with van der Waals surface area (Å²) in [5, 5.41) is 0. The average Bonchev–Trinajstić information content (AvgIpc) is 3.27. The minimum Gasteiger partial charge on any atom is -0.338 e. The average molecular weight is 348 g/mol. The molecule has 2 aromatic heterocycles. The van der Waals surface area contributed by atoms with Gasteiger partial charge in [0.05, 0.1) is 0 Å². The molecule has 0 aliphatic carbocycles. The van der Waals surface area contributed by atoms with Crippen LogP contribution in [0.25, 0.3) is 11.2 Å². The van der Waals surface area contributed by atoms with Gasteiger partial charge in [-0.1, -0.05) is 25.1 Å². The van der Waals surface area contributed by atoms with E-state index in [0.29, 0.717) is 0 Å². The Balaban J connectivity index is 1.61. The monoisotopic (exact) mass is 348 g/mol. The van der Waals surface area contributed by atoms with Crippen molar-refractivity contribution in [2.24, 2.45) is 0 Å². The van der Waals surface area contributed by atoms with Gasteiger partial charge in [-0.15, -0.1) is 0 Å². The fraction of sp³-hybridized carbons (Fsp3) is 0.381. The Kier molecular flexibility index (Phi) is 4.45. The Labute approximate surface area is 153 Å². The SMILES string of the molecule is CCCn1c(C2CCN(C(=O)c3ccccc3C)C2)nc2cccnc21. The predicted octanol–water partition coefficient (Wildman–Crippen LogP) is 3.78. The van der Waals surface area contributed by atoms with Gasteiger partial charge < -0.3 is 9.47 Å². The van der Waals surface area contributed by atoms with E-state index in [0.717, 1.165) is 60.6 Å². The summed E-state index contributed by atoms with van der Waals surface area (Å²) in [4.78, 5) is 24.3. The van der Waals surface area contributed by atoms with E-state index in [1.165, 1.54) is 0 Å². The summed E-state index contributed by atoms with van der Waals surface area (Å²) in [7, 11) is 0. The lowest BCUT2D eigenvalue weighted by Gasteiger charge is -2.18. The molecule has 5 heteroatoms. The first-order valence-corrected chi connectivity index (χ1v) is 9.35. The number of rotatable bonds is 4. The molecule has 0 N–H and O–H groups in total. The Morgan fingerprint density at radius 2 is 2.08 bits per heavy atom. The molecule has 1 aliphatic heterocycles. The smallest absolute Gasteiger partial charge is 0.254 e. The molecule has 1 aromatic carbocycles. The number of amides is 1. The lowest BCUT2D eigenvalue weighted by Crippen LogP contribution is -2.29. The zero-order valence-electron chi connectivity index (χ0n) is 15.4. The van der Waals surface area contributed by atoms with Crippen LogP contribution in [0.3, 0.4) is 0 Å². The Morgan fingerprint density at radius 1 is 1.23 bits per heavy atom. The number of nitrogens with zero attached hydrogens (tertiary/aromatic N) is 4. The first kappa shape index (κ1) is 16.8. The number of fused-ring (bicyclic) bond motifs is 1. The molecule has 1 unspecified atom stereocenters. The molecule has 134 valence electrons. The van der Waals surface area contributed by atoms with Crippen LogP contribution in [0.4, 0.5) is 0 Å². The van der Waals surface area contributed by atoms with E-state index in [-0.39, 0.29) is 11.8 Å². The highest BCUT2D eigenvalue weighted by atomic mass is 16.2. The third-order valence-corrected chi connectivity index (χ3v) is 5.20. The second-order valence-corrected chi connectivity index (χ2v) is 7.02. The van der Waals surface area contributed by atoms with Crippen molar-refractivity contribution in [3.05, 3.63) is 59.5 Å². The number of carbonyl (C=O) groups excluding carboxylic acids is 1. The number of carbonyl (C=O) groups is 1. The van der Waals surface area contributed by atoms with Gasteiger partial charge in [-0.2, -0.15) is 0 Å². The van der Waals surface area contributed by atoms with E-state index >= 15 is 0 Å². The van der Waals surface area contributed by atoms with Crippen LogP contribution in [0.2, 0.25) is 0 Å². The Bertz CT molecular complexity index is 946. The van der Waals surface area contributed by atoms with Crippen LogP contribution < -0.4 is 0 Å². The Hall–Kier alpha value is -2.69. The van der Waals surface area contributed by atoms with Crippen molar-refractivity contribution in [1.82, 2.24) is 19.4 Å². The van der Waals surface area contributed by atoms with Crippen molar-refractivity contribution in [3.63, 3.8) is 0 Å². The minimum atomic E-state index is 0.127. The highest BCUT2D eigenvalue weighted by molar-refractivity contribution is 5.95. The van der Waals surface area contributed by atoms with Crippen LogP contribution in [0.1, 0.15) is 47.4 Å². The van der Waals surface area contributed by atoms with Gasteiger partial charge in [0.25, 0.3) is 5.91 Å². The van der Waals surface area contributed by atoms with Gasteiger partial charge >= 0.3 is 0 Å². The molecule has 5 nitrogen and oxygen atoms in total. The zero-order valence-corrected chi connectivity index (χ0v) is 15.4. The molecule has 1 fully saturated rings. The summed E-state index contributed by atoms with van der Waals surface area (Å²) in [5.74, 6) is 1.46. The number of benzene rings is 1. The zero-order chi connectivity index (χ0) is 18.1. The largest absolute Gasteiger partial charge is 0.338 e. The topological polar surface area (TPSA) is 51.0 Å². The van der Waals surface area contributed by atoms with Gasteiger partial charge in [-0.3, -0.25) is 4.79 Å². The first-order chi connectivity index (χ1) is 12.7. The van der Waals surface area contributed by atoms with Crippen LogP contribution in [-0.2, 0) is 6.54 Å². The lowest BCUT2D eigenvalue weighted by molar-refractivity contribution is 0.0789. The van der Waals surface area contributed by atoms with Gasteiger partial charge in [0.15, 0.2) is 5.65 Å². The summed E-state index contributed by atoms with van der Waals surface area (Å²) in [6.07, 6.45) is 3.81. The van der Waals surface area contributed by atoms with Crippen LogP contribution in [0.15, 0.2) is 42.6 Å². The van der Waals surface area contributed by atoms with Gasteiger partial charge in [-0.05, 0) is 43.5 Å². The maximum absolute atomic E-state index is 12.9. The molecule has 1 aliphatic rings. The molecule has 0 saturated carbocycles. The standard InChI is InChI=1S/C21H24N4O/c1-3-12-25-19(23-18-9-6-11-22-20(18)25)16-10-13-24(14-16)21(26)17-8-5-4-7-15(17)2/h4-9,11,16H,3,10,12-14H2,1-2H3. The first-order valence-electron chi connectivity index (χ1n) is 9.35. The molecular formula is C21H24N4O. The molecule has 26 heavy (non-hydrogen) atoms. The second kappa shape index (κ2) is 6.90. The maximum atomic E-state index is 12.9. The van der Waals surface area contributed by atoms with Gasteiger partial charge in [-0.25, -0.2) is 9.97 Å². The van der Waals surface area contributed by atoms with Crippen LogP contribution in [0.5, 0.6) is 0 Å². The molecule has 1 saturated heterocycles. The van der Waals surface area contributed by atoms with Crippen molar-refractivity contribution >= 4 is 17.1 Å². The van der Waals surface area contributed by atoms with Crippen LogP contribution in [-0.4, -0.2) is 38.4 Å². The van der Waals surface area contributed by atoms with Crippen molar-refractivity contribution in [1.29, 1.82) is 0 Å². The van der Waals surface area contributed by atoms with E-state index in [1.807, 2.05) is 54.4 Å². The van der Waals surface area contributed by atoms with E-state index in [4.69, 9.17) is 4.98 Å². The summed E-state index contributed by atoms with van der Waals surface area (Å²) in [6.45, 7) is 6.57. The van der Waals surface area contributed by atoms with Gasteiger partial charge in [0.2, 0.25) is 0 Å². The van der Waals surface area contributed by atoms with E-state index in [9.17, 15) is 4.79 Å². The van der Waals surface area contributed by atoms with E-state index in [2.05, 4.69) is 16.5 Å². The maximum Gasteiger partial charge on any atom is 0.254 e. The molecule has 1 amide bonds. The molecule has 0 radical (unpaired) electrons. The minimum absolute atomic E-state index is 0.127. The number of pyridine rings is 1. The predicted molar refractivity (Wildman–Crippen MR) is 102 cm³/mol. The quantitative estimate of drug-likeness (QED) is 0.721. The molecular weight excluding hydrogens is 324 g/mol. The molecule has 0 spiro atoms. The highest BCUT2D eigenvalue weighted by Gasteiger charge is 2.31. The number of hydrogen-bond acceptors (Lipinski definition) is 3. The summed E-state index contributed by atoms with van der Waals surface area (Å²) >= 11 is 0. The summed E-state index contributed by atoms with van der Waals surface area (Å²) in [5.41, 5.74) is 3.73. The Morgan fingerprint density at radius 3 is 2.88 bits per heavy atom. The lowest BCUT2D eigenvalue weighted by atomic mass is 10.1. The van der Waals surface area contributed by atoms with Gasteiger partial charge in [0.1, 0.15) is 11.3 Å². The third-order valence-electron chi connectivity index (χ3n) is 5.20. The highest BCUT2D eigenvalue weighted by Crippen LogP contribution is 2.30. The molecule has 4 rings (SSSR count). The fourth-order valence-corrected chi connectivity index (χ4v) is 3.87. The molecule has 3 heterocycles. The summed E-state index contributed by atoms with van der Waals surface area (Å²) in [6, 6.07) is 11.8. The van der Waals surface area contributed by atoms with Crippen molar-refractivity contribution in [2.45, 2.75) is 39.2 Å². The second-order valence-electron chi connectivity index (χ2n) is 7.02. The van der Waals surface area contributed by atoms with Crippen molar-refractivity contribution in [3.8, 4) is 0 Å².